The molecular weight excluding hydrogens is 324 g/mol. The Labute approximate surface area is 165 Å². The molecule has 0 aliphatic heterocycles. The molecule has 0 fully saturated rings. The lowest BCUT2D eigenvalue weighted by Gasteiger charge is -2.10. The molecule has 2 aromatic carbocycles. The van der Waals surface area contributed by atoms with Crippen LogP contribution in [0.25, 0.3) is 17.2 Å². The summed E-state index contributed by atoms with van der Waals surface area (Å²) in [7, 11) is 0. The highest BCUT2D eigenvalue weighted by molar-refractivity contribution is 5.75. The van der Waals surface area contributed by atoms with Gasteiger partial charge in [-0.1, -0.05) is 92.6 Å². The van der Waals surface area contributed by atoms with Crippen molar-refractivity contribution in [1.29, 1.82) is 0 Å². The topological polar surface area (TPSA) is 0 Å². The Morgan fingerprint density at radius 3 is 2.15 bits per heavy atom. The van der Waals surface area contributed by atoms with Crippen molar-refractivity contribution >= 4 is 17.2 Å². The van der Waals surface area contributed by atoms with Gasteiger partial charge in [-0.3, -0.25) is 0 Å². The Morgan fingerprint density at radius 2 is 1.59 bits per heavy atom. The van der Waals surface area contributed by atoms with Gasteiger partial charge in [0.05, 0.1) is 0 Å². The minimum Gasteiger partial charge on any atom is -0.106 e. The molecule has 0 atom stereocenters. The second kappa shape index (κ2) is 11.5. The van der Waals surface area contributed by atoms with Gasteiger partial charge in [0.1, 0.15) is 0 Å². The maximum atomic E-state index is 4.28. The summed E-state index contributed by atoms with van der Waals surface area (Å²) in [5.74, 6) is 0. The molecule has 0 aliphatic carbocycles. The van der Waals surface area contributed by atoms with Gasteiger partial charge in [-0.05, 0) is 59.2 Å². The quantitative estimate of drug-likeness (QED) is 0.351. The van der Waals surface area contributed by atoms with E-state index in [1.54, 1.807) is 6.08 Å². The van der Waals surface area contributed by atoms with E-state index in [2.05, 4.69) is 94.4 Å². The Balaban J connectivity index is 0.00000176. The second-order valence-corrected chi connectivity index (χ2v) is 6.09. The van der Waals surface area contributed by atoms with Crippen molar-refractivity contribution in [3.63, 3.8) is 0 Å². The third-order valence-corrected chi connectivity index (χ3v) is 4.33. The fourth-order valence-electron chi connectivity index (χ4n) is 2.80. The maximum absolute atomic E-state index is 4.28. The van der Waals surface area contributed by atoms with Gasteiger partial charge in [0, 0.05) is 0 Å². The number of allylic oxidation sites excluding steroid dienone is 6. The van der Waals surface area contributed by atoms with E-state index in [0.29, 0.717) is 0 Å². The van der Waals surface area contributed by atoms with Crippen molar-refractivity contribution < 1.29 is 0 Å². The fourth-order valence-corrected chi connectivity index (χ4v) is 2.80. The molecule has 0 aliphatic rings. The highest BCUT2D eigenvalue weighted by Crippen LogP contribution is 2.23. The molecule has 27 heavy (non-hydrogen) atoms. The maximum Gasteiger partial charge on any atom is -0.00255 e. The Hall–Kier alpha value is -3.12. The number of benzene rings is 2. The normalized spacial score (nSPS) is 10.8. The summed E-state index contributed by atoms with van der Waals surface area (Å²) in [5, 5.41) is 0. The van der Waals surface area contributed by atoms with E-state index in [1.165, 1.54) is 27.8 Å². The molecule has 0 radical (unpaired) electrons. The number of hydrogen-bond donors (Lipinski definition) is 0. The third-order valence-electron chi connectivity index (χ3n) is 4.33. The molecule has 0 heterocycles. The smallest absolute Gasteiger partial charge is 0.00255 e. The predicted octanol–water partition coefficient (Wildman–Crippen LogP) is 7.84. The van der Waals surface area contributed by atoms with Gasteiger partial charge < -0.3 is 0 Å². The molecule has 2 aromatic rings. The standard InChI is InChI=1S/C25H26.C2H4/c1-6-9-10-25-18-21(12-11-19(25)4)17-20(5)23-13-15-24(16-14-23)22(7-2)8-3;1-2/h6-16,18H,1-2,5,17H2,3-4H3;1-2H2/b10-9-,22-8+;. The van der Waals surface area contributed by atoms with E-state index in [-0.39, 0.29) is 0 Å². The summed E-state index contributed by atoms with van der Waals surface area (Å²) in [6, 6.07) is 15.1. The van der Waals surface area contributed by atoms with Crippen molar-refractivity contribution in [2.45, 2.75) is 20.3 Å². The summed E-state index contributed by atoms with van der Waals surface area (Å²) < 4.78 is 0. The first-order valence-corrected chi connectivity index (χ1v) is 9.05. The summed E-state index contributed by atoms with van der Waals surface area (Å²) in [6.07, 6.45) is 10.7. The predicted molar refractivity (Wildman–Crippen MR) is 125 cm³/mol. The number of aryl methyl sites for hydroxylation is 1. The first-order valence-electron chi connectivity index (χ1n) is 9.05. The van der Waals surface area contributed by atoms with Crippen LogP contribution in [0.15, 0.2) is 99.7 Å². The number of rotatable bonds is 7. The molecule has 0 nitrogen and oxygen atoms in total. The van der Waals surface area contributed by atoms with Crippen LogP contribution in [-0.2, 0) is 6.42 Å². The molecule has 138 valence electrons. The van der Waals surface area contributed by atoms with Crippen molar-refractivity contribution in [3.8, 4) is 0 Å². The molecule has 0 saturated heterocycles. The minimum atomic E-state index is 0.840. The monoisotopic (exact) mass is 354 g/mol. The lowest BCUT2D eigenvalue weighted by molar-refractivity contribution is 1.26. The summed E-state index contributed by atoms with van der Waals surface area (Å²) in [4.78, 5) is 0. The molecule has 0 bridgehead atoms. The molecule has 0 unspecified atom stereocenters. The van der Waals surface area contributed by atoms with Crippen molar-refractivity contribution in [3.05, 3.63) is 127 Å². The van der Waals surface area contributed by atoms with Crippen LogP contribution in [0.2, 0.25) is 0 Å². The van der Waals surface area contributed by atoms with Crippen LogP contribution in [0.5, 0.6) is 0 Å². The third kappa shape index (κ3) is 6.27. The first-order chi connectivity index (χ1) is 13.1. The highest BCUT2D eigenvalue weighted by atomic mass is 14.1. The van der Waals surface area contributed by atoms with Crippen LogP contribution < -0.4 is 0 Å². The Morgan fingerprint density at radius 1 is 0.963 bits per heavy atom. The zero-order chi connectivity index (χ0) is 20.2. The van der Waals surface area contributed by atoms with Gasteiger partial charge in [-0.25, -0.2) is 0 Å². The molecule has 0 saturated carbocycles. The van der Waals surface area contributed by atoms with Crippen LogP contribution in [0.3, 0.4) is 0 Å². The molecule has 2 rings (SSSR count). The lowest BCUT2D eigenvalue weighted by Crippen LogP contribution is -1.92. The molecule has 0 aromatic heterocycles. The average molecular weight is 355 g/mol. The van der Waals surface area contributed by atoms with Crippen molar-refractivity contribution in [2.75, 3.05) is 0 Å². The van der Waals surface area contributed by atoms with E-state index >= 15 is 0 Å². The first kappa shape index (κ1) is 21.9. The lowest BCUT2D eigenvalue weighted by atomic mass is 9.95. The van der Waals surface area contributed by atoms with E-state index in [9.17, 15) is 0 Å². The largest absolute Gasteiger partial charge is 0.106 e. The van der Waals surface area contributed by atoms with Gasteiger partial charge in [0.25, 0.3) is 0 Å². The van der Waals surface area contributed by atoms with Gasteiger partial charge >= 0.3 is 0 Å². The Kier molecular flexibility index (Phi) is 9.33. The zero-order valence-electron chi connectivity index (χ0n) is 16.7. The summed E-state index contributed by atoms with van der Waals surface area (Å²) in [5.41, 5.74) is 8.38. The van der Waals surface area contributed by atoms with E-state index in [1.807, 2.05) is 19.1 Å². The zero-order valence-corrected chi connectivity index (χ0v) is 16.7. The van der Waals surface area contributed by atoms with Crippen LogP contribution in [0, 0.1) is 6.92 Å². The minimum absolute atomic E-state index is 0.840. The molecule has 0 amide bonds. The van der Waals surface area contributed by atoms with Gasteiger partial charge in [-0.15, -0.1) is 13.2 Å². The van der Waals surface area contributed by atoms with Crippen LogP contribution in [-0.4, -0.2) is 0 Å². The highest BCUT2D eigenvalue weighted by Gasteiger charge is 2.04. The van der Waals surface area contributed by atoms with Gasteiger partial charge in [0.2, 0.25) is 0 Å². The summed E-state index contributed by atoms with van der Waals surface area (Å²) >= 11 is 0. The molecule has 0 heteroatoms. The fraction of sp³-hybridized carbons (Fsp3) is 0.111. The van der Waals surface area contributed by atoms with Crippen LogP contribution >= 0.6 is 0 Å². The SMILES string of the molecule is C=C.C=C/C=C\c1cc(CC(=C)c2ccc(/C(C=C)=C/C)cc2)ccc1C. The van der Waals surface area contributed by atoms with E-state index in [4.69, 9.17) is 0 Å². The molecular formula is C27H30. The number of hydrogen-bond acceptors (Lipinski definition) is 0. The van der Waals surface area contributed by atoms with E-state index in [0.717, 1.165) is 17.6 Å². The summed E-state index contributed by atoms with van der Waals surface area (Å²) in [6.45, 7) is 22.0. The van der Waals surface area contributed by atoms with Crippen molar-refractivity contribution in [1.82, 2.24) is 0 Å². The molecule has 0 N–H and O–H groups in total. The Bertz CT molecular complexity index is 842. The van der Waals surface area contributed by atoms with Crippen molar-refractivity contribution in [2.24, 2.45) is 0 Å². The van der Waals surface area contributed by atoms with Gasteiger partial charge in [-0.2, -0.15) is 0 Å². The molecule has 0 spiro atoms. The average Bonchev–Trinajstić information content (AvgIpc) is 2.71. The van der Waals surface area contributed by atoms with Crippen LogP contribution in [0.1, 0.15) is 34.7 Å². The second-order valence-electron chi connectivity index (χ2n) is 6.09. The van der Waals surface area contributed by atoms with Crippen LogP contribution in [0.4, 0.5) is 0 Å². The van der Waals surface area contributed by atoms with Gasteiger partial charge in [0.15, 0.2) is 0 Å². The van der Waals surface area contributed by atoms with E-state index < -0.39 is 0 Å².